The molecule has 2 aliphatic rings. The molecule has 0 spiro atoms. The van der Waals surface area contributed by atoms with Crippen molar-refractivity contribution >= 4 is 27.6 Å². The average molecular weight is 498 g/mol. The topological polar surface area (TPSA) is 86.9 Å². The molecule has 3 aromatic carbocycles. The number of nitrogens with two attached hydrogens (primary N) is 1. The number of carbonyl (C=O) groups excluding carboxylic acids is 1. The van der Waals surface area contributed by atoms with E-state index < -0.39 is 0 Å². The SMILES string of the molecule is COc1cc2c(Oc3ccc4c(C(N)=O)c(C5CC5)ccc4c3)ccnc2cc1OCC1(N(C)C)CC1. The highest BCUT2D eigenvalue weighted by molar-refractivity contribution is 6.08. The molecule has 190 valence electrons. The van der Waals surface area contributed by atoms with Crippen molar-refractivity contribution in [3.05, 3.63) is 65.9 Å². The van der Waals surface area contributed by atoms with E-state index >= 15 is 0 Å². The fourth-order valence-electron chi connectivity index (χ4n) is 5.09. The Morgan fingerprint density at radius 3 is 2.51 bits per heavy atom. The maximum atomic E-state index is 12.3. The number of benzene rings is 3. The zero-order chi connectivity index (χ0) is 25.7. The number of likely N-dealkylation sites (N-methyl/N-ethyl adjacent to an activating group) is 1. The molecule has 37 heavy (non-hydrogen) atoms. The molecule has 2 fully saturated rings. The molecule has 0 aliphatic heterocycles. The third kappa shape index (κ3) is 4.33. The molecule has 0 bridgehead atoms. The summed E-state index contributed by atoms with van der Waals surface area (Å²) in [4.78, 5) is 19.1. The van der Waals surface area contributed by atoms with Crippen LogP contribution in [0.4, 0.5) is 0 Å². The fourth-order valence-corrected chi connectivity index (χ4v) is 5.09. The Morgan fingerprint density at radius 2 is 1.84 bits per heavy atom. The lowest BCUT2D eigenvalue weighted by Gasteiger charge is -2.24. The van der Waals surface area contributed by atoms with Crippen LogP contribution in [0.25, 0.3) is 21.7 Å². The van der Waals surface area contributed by atoms with Gasteiger partial charge in [-0.15, -0.1) is 0 Å². The Labute approximate surface area is 216 Å². The number of methoxy groups -OCH3 is 1. The van der Waals surface area contributed by atoms with Crippen LogP contribution < -0.4 is 19.9 Å². The van der Waals surface area contributed by atoms with E-state index in [9.17, 15) is 4.79 Å². The number of fused-ring (bicyclic) bond motifs is 2. The molecule has 7 heteroatoms. The summed E-state index contributed by atoms with van der Waals surface area (Å²) in [5.74, 6) is 2.68. The fraction of sp³-hybridized carbons (Fsp3) is 0.333. The van der Waals surface area contributed by atoms with E-state index in [0.717, 1.165) is 52.9 Å². The van der Waals surface area contributed by atoms with Crippen molar-refractivity contribution in [2.24, 2.45) is 5.73 Å². The zero-order valence-corrected chi connectivity index (χ0v) is 21.4. The summed E-state index contributed by atoms with van der Waals surface area (Å²) in [6.45, 7) is 0.602. The lowest BCUT2D eigenvalue weighted by Crippen LogP contribution is -2.35. The van der Waals surface area contributed by atoms with Crippen LogP contribution >= 0.6 is 0 Å². The van der Waals surface area contributed by atoms with Crippen molar-refractivity contribution < 1.29 is 19.0 Å². The van der Waals surface area contributed by atoms with Gasteiger partial charge in [-0.2, -0.15) is 0 Å². The molecular formula is C30H31N3O4. The van der Waals surface area contributed by atoms with Gasteiger partial charge in [-0.25, -0.2) is 0 Å². The average Bonchev–Trinajstić information content (AvgIpc) is 3.81. The first kappa shape index (κ1) is 23.6. The highest BCUT2D eigenvalue weighted by atomic mass is 16.5. The van der Waals surface area contributed by atoms with Gasteiger partial charge in [0.2, 0.25) is 5.91 Å². The Kier molecular flexibility index (Phi) is 5.68. The standard InChI is InChI=1S/C30H31N3O4/c1-33(2)30(11-12-30)17-36-27-16-24-23(15-26(27)35-3)25(10-13-32-24)37-20-7-9-22-19(14-20)6-8-21(18-4-5-18)28(22)29(31)34/h6-10,13-16,18H,4-5,11-12,17H2,1-3H3,(H2,31,34). The van der Waals surface area contributed by atoms with E-state index in [4.69, 9.17) is 19.9 Å². The van der Waals surface area contributed by atoms with Crippen LogP contribution in [-0.4, -0.2) is 49.1 Å². The molecule has 1 heterocycles. The number of pyridine rings is 1. The molecular weight excluding hydrogens is 466 g/mol. The molecule has 1 aromatic heterocycles. The first-order chi connectivity index (χ1) is 17.9. The highest BCUT2D eigenvalue weighted by Gasteiger charge is 2.45. The Balaban J connectivity index is 1.32. The molecule has 0 atom stereocenters. The van der Waals surface area contributed by atoms with E-state index in [2.05, 4.69) is 24.0 Å². The van der Waals surface area contributed by atoms with Crippen LogP contribution in [0.3, 0.4) is 0 Å². The molecule has 4 aromatic rings. The number of rotatable bonds is 9. The van der Waals surface area contributed by atoms with Crippen LogP contribution in [-0.2, 0) is 0 Å². The lowest BCUT2D eigenvalue weighted by atomic mass is 9.95. The van der Waals surface area contributed by atoms with Gasteiger partial charge in [-0.1, -0.05) is 12.1 Å². The number of hydrogen-bond acceptors (Lipinski definition) is 6. The minimum Gasteiger partial charge on any atom is -0.493 e. The van der Waals surface area contributed by atoms with E-state index in [-0.39, 0.29) is 11.4 Å². The van der Waals surface area contributed by atoms with Gasteiger partial charge in [0.1, 0.15) is 18.1 Å². The maximum absolute atomic E-state index is 12.3. The summed E-state index contributed by atoms with van der Waals surface area (Å²) >= 11 is 0. The summed E-state index contributed by atoms with van der Waals surface area (Å²) in [5, 5.41) is 2.60. The van der Waals surface area contributed by atoms with E-state index in [1.807, 2.05) is 48.5 Å². The molecule has 0 radical (unpaired) electrons. The third-order valence-corrected chi connectivity index (χ3v) is 7.77. The Hall–Kier alpha value is -3.84. The molecule has 6 rings (SSSR count). The Morgan fingerprint density at radius 1 is 1.03 bits per heavy atom. The predicted octanol–water partition coefficient (Wildman–Crippen LogP) is 5.64. The van der Waals surface area contributed by atoms with Crippen LogP contribution in [0.1, 0.15) is 47.5 Å². The van der Waals surface area contributed by atoms with Crippen molar-refractivity contribution in [3.63, 3.8) is 0 Å². The molecule has 2 aliphatic carbocycles. The minimum absolute atomic E-state index is 0.0994. The second-order valence-electron chi connectivity index (χ2n) is 10.4. The van der Waals surface area contributed by atoms with Crippen molar-refractivity contribution in [3.8, 4) is 23.0 Å². The van der Waals surface area contributed by atoms with Gasteiger partial charge < -0.3 is 24.8 Å². The van der Waals surface area contributed by atoms with Crippen LogP contribution in [0.15, 0.2) is 54.7 Å². The number of aromatic nitrogens is 1. The van der Waals surface area contributed by atoms with Crippen LogP contribution in [0.5, 0.6) is 23.0 Å². The van der Waals surface area contributed by atoms with Gasteiger partial charge in [-0.3, -0.25) is 9.78 Å². The van der Waals surface area contributed by atoms with Gasteiger partial charge in [0, 0.05) is 17.6 Å². The predicted molar refractivity (Wildman–Crippen MR) is 144 cm³/mol. The van der Waals surface area contributed by atoms with Crippen molar-refractivity contribution in [1.29, 1.82) is 0 Å². The second kappa shape index (κ2) is 8.92. The minimum atomic E-state index is -0.385. The molecule has 2 saturated carbocycles. The van der Waals surface area contributed by atoms with Crippen molar-refractivity contribution in [1.82, 2.24) is 9.88 Å². The van der Waals surface area contributed by atoms with Gasteiger partial charge in [0.25, 0.3) is 0 Å². The smallest absolute Gasteiger partial charge is 0.249 e. The van der Waals surface area contributed by atoms with Crippen molar-refractivity contribution in [2.45, 2.75) is 37.1 Å². The summed E-state index contributed by atoms with van der Waals surface area (Å²) in [6.07, 6.45) is 6.19. The summed E-state index contributed by atoms with van der Waals surface area (Å²) in [6, 6.07) is 15.5. The molecule has 2 N–H and O–H groups in total. The maximum Gasteiger partial charge on any atom is 0.249 e. The highest BCUT2D eigenvalue weighted by Crippen LogP contribution is 2.45. The second-order valence-corrected chi connectivity index (χ2v) is 10.4. The van der Waals surface area contributed by atoms with Crippen molar-refractivity contribution in [2.75, 3.05) is 27.8 Å². The lowest BCUT2D eigenvalue weighted by molar-refractivity contribution is 0.100. The zero-order valence-electron chi connectivity index (χ0n) is 21.4. The first-order valence-electron chi connectivity index (χ1n) is 12.7. The normalized spacial score (nSPS) is 16.2. The summed E-state index contributed by atoms with van der Waals surface area (Å²) in [7, 11) is 5.82. The largest absolute Gasteiger partial charge is 0.493 e. The molecule has 0 saturated heterocycles. The number of primary amides is 1. The van der Waals surface area contributed by atoms with E-state index in [1.54, 1.807) is 13.3 Å². The quantitative estimate of drug-likeness (QED) is 0.322. The number of amides is 1. The van der Waals surface area contributed by atoms with Gasteiger partial charge in [0.05, 0.1) is 23.7 Å². The number of nitrogens with zero attached hydrogens (tertiary/aromatic N) is 2. The van der Waals surface area contributed by atoms with Gasteiger partial charge in [0.15, 0.2) is 11.5 Å². The number of hydrogen-bond donors (Lipinski definition) is 1. The number of carbonyl (C=O) groups is 1. The summed E-state index contributed by atoms with van der Waals surface area (Å²) < 4.78 is 18.2. The third-order valence-electron chi connectivity index (χ3n) is 7.77. The molecule has 0 unspecified atom stereocenters. The molecule has 1 amide bonds. The first-order valence-corrected chi connectivity index (χ1v) is 12.7. The van der Waals surface area contributed by atoms with E-state index in [0.29, 0.717) is 41.1 Å². The Bertz CT molecular complexity index is 1520. The van der Waals surface area contributed by atoms with E-state index in [1.165, 1.54) is 0 Å². The number of ether oxygens (including phenoxy) is 3. The van der Waals surface area contributed by atoms with Gasteiger partial charge in [-0.05, 0) is 92.4 Å². The van der Waals surface area contributed by atoms with Crippen LogP contribution in [0.2, 0.25) is 0 Å². The van der Waals surface area contributed by atoms with Gasteiger partial charge >= 0.3 is 0 Å². The monoisotopic (exact) mass is 497 g/mol. The summed E-state index contributed by atoms with van der Waals surface area (Å²) in [5.41, 5.74) is 8.31. The van der Waals surface area contributed by atoms with Crippen LogP contribution in [0, 0.1) is 0 Å². The molecule has 7 nitrogen and oxygen atoms in total.